The first-order valence-electron chi connectivity index (χ1n) is 9.96. The summed E-state index contributed by atoms with van der Waals surface area (Å²) in [6.45, 7) is 1.70. The number of fused-ring (bicyclic) bond motifs is 1. The number of methoxy groups -OCH3 is 1. The van der Waals surface area contributed by atoms with Gasteiger partial charge in [0, 0.05) is 38.7 Å². The lowest BCUT2D eigenvalue weighted by Gasteiger charge is -2.34. The minimum atomic E-state index is -3.75. The number of sulfonamides is 1. The summed E-state index contributed by atoms with van der Waals surface area (Å²) in [5.41, 5.74) is 0.124. The van der Waals surface area contributed by atoms with Crippen LogP contribution in [0, 0.1) is 0 Å². The zero-order chi connectivity index (χ0) is 22.0. The summed E-state index contributed by atoms with van der Waals surface area (Å²) in [4.78, 5) is 14.5. The molecule has 0 unspecified atom stereocenters. The summed E-state index contributed by atoms with van der Waals surface area (Å²) in [5, 5.41) is 10.0. The van der Waals surface area contributed by atoms with Crippen molar-refractivity contribution in [3.63, 3.8) is 0 Å². The quantitative estimate of drug-likeness (QED) is 0.759. The molecule has 4 rings (SSSR count). The Morgan fingerprint density at radius 1 is 1.00 bits per heavy atom. The van der Waals surface area contributed by atoms with Crippen LogP contribution in [0.1, 0.15) is 16.8 Å². The molecule has 9 nitrogen and oxygen atoms in total. The van der Waals surface area contributed by atoms with Crippen molar-refractivity contribution < 1.29 is 32.5 Å². The fraction of sp³-hybridized carbons (Fsp3) is 0.381. The lowest BCUT2D eigenvalue weighted by molar-refractivity contribution is 0.0694. The number of ether oxygens (including phenoxy) is 3. The molecule has 1 amide bonds. The van der Waals surface area contributed by atoms with Gasteiger partial charge in [0.1, 0.15) is 11.5 Å². The molecule has 166 valence electrons. The number of phenols is 1. The number of aromatic hydroxyl groups is 1. The van der Waals surface area contributed by atoms with Gasteiger partial charge < -0.3 is 24.2 Å². The lowest BCUT2D eigenvalue weighted by atomic mass is 10.1. The second kappa shape index (κ2) is 8.64. The van der Waals surface area contributed by atoms with Crippen LogP contribution < -0.4 is 14.2 Å². The van der Waals surface area contributed by atoms with Crippen LogP contribution in [0.4, 0.5) is 0 Å². The molecule has 2 aliphatic rings. The Kier molecular flexibility index (Phi) is 5.92. The first-order valence-corrected chi connectivity index (χ1v) is 11.4. The van der Waals surface area contributed by atoms with Crippen LogP contribution in [0.3, 0.4) is 0 Å². The maximum absolute atomic E-state index is 13.1. The van der Waals surface area contributed by atoms with E-state index in [1.165, 1.54) is 40.6 Å². The number of carbonyl (C=O) groups excluding carboxylic acids is 1. The summed E-state index contributed by atoms with van der Waals surface area (Å²) in [6, 6.07) is 9.04. The van der Waals surface area contributed by atoms with Gasteiger partial charge in [0.25, 0.3) is 5.91 Å². The highest BCUT2D eigenvalue weighted by atomic mass is 32.2. The number of piperazine rings is 1. The van der Waals surface area contributed by atoms with Crippen molar-refractivity contribution in [1.82, 2.24) is 9.21 Å². The Balaban J connectivity index is 1.47. The van der Waals surface area contributed by atoms with Crippen LogP contribution in [-0.4, -0.2) is 75.1 Å². The lowest BCUT2D eigenvalue weighted by Crippen LogP contribution is -2.50. The van der Waals surface area contributed by atoms with Crippen molar-refractivity contribution >= 4 is 15.9 Å². The van der Waals surface area contributed by atoms with Crippen molar-refractivity contribution in [2.45, 2.75) is 11.3 Å². The van der Waals surface area contributed by atoms with Gasteiger partial charge in [-0.1, -0.05) is 0 Å². The monoisotopic (exact) mass is 448 g/mol. The molecule has 2 heterocycles. The maximum Gasteiger partial charge on any atom is 0.257 e. The fourth-order valence-corrected chi connectivity index (χ4v) is 5.01. The van der Waals surface area contributed by atoms with Crippen molar-refractivity contribution in [1.29, 1.82) is 0 Å². The topological polar surface area (TPSA) is 106 Å². The highest BCUT2D eigenvalue weighted by Gasteiger charge is 2.32. The van der Waals surface area contributed by atoms with Crippen LogP contribution in [0.2, 0.25) is 0 Å². The Hall–Kier alpha value is -2.98. The number of hydrogen-bond donors (Lipinski definition) is 1. The molecular formula is C21H24N2O7S. The van der Waals surface area contributed by atoms with E-state index in [1.54, 1.807) is 12.1 Å². The van der Waals surface area contributed by atoms with Crippen molar-refractivity contribution in [3.05, 3.63) is 42.0 Å². The van der Waals surface area contributed by atoms with Gasteiger partial charge in [-0.2, -0.15) is 4.31 Å². The van der Waals surface area contributed by atoms with Gasteiger partial charge in [-0.25, -0.2) is 8.42 Å². The zero-order valence-electron chi connectivity index (χ0n) is 17.1. The molecular weight excluding hydrogens is 424 g/mol. The van der Waals surface area contributed by atoms with Crippen molar-refractivity contribution in [2.75, 3.05) is 46.5 Å². The summed E-state index contributed by atoms with van der Waals surface area (Å²) in [7, 11) is -2.27. The van der Waals surface area contributed by atoms with Crippen molar-refractivity contribution in [3.8, 4) is 23.0 Å². The van der Waals surface area contributed by atoms with Crippen LogP contribution in [-0.2, 0) is 10.0 Å². The Bertz CT molecular complexity index is 1080. The van der Waals surface area contributed by atoms with Gasteiger partial charge in [0.15, 0.2) is 11.5 Å². The van der Waals surface area contributed by atoms with Crippen LogP contribution in [0.5, 0.6) is 23.0 Å². The molecule has 2 aromatic carbocycles. The van der Waals surface area contributed by atoms with E-state index in [-0.39, 0.29) is 48.3 Å². The van der Waals surface area contributed by atoms with E-state index < -0.39 is 10.0 Å². The molecule has 0 saturated carbocycles. The smallest absolute Gasteiger partial charge is 0.257 e. The average molecular weight is 448 g/mol. The molecule has 1 N–H and O–H groups in total. The van der Waals surface area contributed by atoms with Crippen LogP contribution >= 0.6 is 0 Å². The van der Waals surface area contributed by atoms with Crippen LogP contribution in [0.25, 0.3) is 0 Å². The van der Waals surface area contributed by atoms with Crippen molar-refractivity contribution in [2.24, 2.45) is 0 Å². The maximum atomic E-state index is 13.1. The van der Waals surface area contributed by atoms with Gasteiger partial charge in [-0.15, -0.1) is 0 Å². The average Bonchev–Trinajstić information content (AvgIpc) is 3.04. The van der Waals surface area contributed by atoms with E-state index in [2.05, 4.69) is 0 Å². The third-order valence-electron chi connectivity index (χ3n) is 5.32. The molecule has 0 bridgehead atoms. The van der Waals surface area contributed by atoms with Gasteiger partial charge in [-0.3, -0.25) is 4.79 Å². The number of amides is 1. The van der Waals surface area contributed by atoms with Gasteiger partial charge in [-0.05, 0) is 30.3 Å². The zero-order valence-corrected chi connectivity index (χ0v) is 17.9. The molecule has 0 aliphatic carbocycles. The third kappa shape index (κ3) is 4.26. The molecule has 10 heteroatoms. The molecule has 0 radical (unpaired) electrons. The Morgan fingerprint density at radius 3 is 2.42 bits per heavy atom. The molecule has 31 heavy (non-hydrogen) atoms. The standard InChI is InChI=1S/C21H24N2O7S/c1-28-15-3-5-18(24)17(13-15)21(25)22-7-9-23(10-8-22)31(26,27)16-4-6-19-20(14-16)30-12-2-11-29-19/h3-6,13-14,24H,2,7-12H2,1H3. The summed E-state index contributed by atoms with van der Waals surface area (Å²) in [5.74, 6) is 0.889. The summed E-state index contributed by atoms with van der Waals surface area (Å²) >= 11 is 0. The normalized spacial score (nSPS) is 17.1. The summed E-state index contributed by atoms with van der Waals surface area (Å²) < 4.78 is 43.9. The summed E-state index contributed by atoms with van der Waals surface area (Å²) in [6.07, 6.45) is 0.732. The first kappa shape index (κ1) is 21.3. The van der Waals surface area contributed by atoms with E-state index in [0.717, 1.165) is 6.42 Å². The van der Waals surface area contributed by atoms with E-state index in [1.807, 2.05) is 0 Å². The predicted molar refractivity (Wildman–Crippen MR) is 111 cm³/mol. The molecule has 2 aromatic rings. The van der Waals surface area contributed by atoms with Gasteiger partial charge >= 0.3 is 0 Å². The predicted octanol–water partition coefficient (Wildman–Crippen LogP) is 1.71. The highest BCUT2D eigenvalue weighted by Crippen LogP contribution is 2.33. The third-order valence-corrected chi connectivity index (χ3v) is 7.21. The number of hydrogen-bond acceptors (Lipinski definition) is 7. The molecule has 0 aromatic heterocycles. The molecule has 0 spiro atoms. The van der Waals surface area contributed by atoms with Crippen LogP contribution in [0.15, 0.2) is 41.3 Å². The van der Waals surface area contributed by atoms with E-state index >= 15 is 0 Å². The van der Waals surface area contributed by atoms with Gasteiger partial charge in [0.05, 0.1) is 30.8 Å². The van der Waals surface area contributed by atoms with E-state index in [4.69, 9.17) is 14.2 Å². The minimum absolute atomic E-state index is 0.124. The Morgan fingerprint density at radius 2 is 1.71 bits per heavy atom. The largest absolute Gasteiger partial charge is 0.507 e. The number of phenolic OH excluding ortho intramolecular Hbond substituents is 1. The second-order valence-electron chi connectivity index (χ2n) is 7.24. The SMILES string of the molecule is COc1ccc(O)c(C(=O)N2CCN(S(=O)(=O)c3ccc4c(c3)OCCCO4)CC2)c1. The molecule has 1 fully saturated rings. The first-order chi connectivity index (χ1) is 14.9. The van der Waals surface area contributed by atoms with Gasteiger partial charge in [0.2, 0.25) is 10.0 Å². The number of nitrogens with zero attached hydrogens (tertiary/aromatic N) is 2. The Labute approximate surface area is 180 Å². The highest BCUT2D eigenvalue weighted by molar-refractivity contribution is 7.89. The fourth-order valence-electron chi connectivity index (χ4n) is 3.57. The minimum Gasteiger partial charge on any atom is -0.507 e. The number of rotatable bonds is 4. The molecule has 2 aliphatic heterocycles. The number of benzene rings is 2. The van der Waals surface area contributed by atoms with E-state index in [0.29, 0.717) is 30.5 Å². The molecule has 0 atom stereocenters. The van der Waals surface area contributed by atoms with E-state index in [9.17, 15) is 18.3 Å². The molecule has 1 saturated heterocycles. The second-order valence-corrected chi connectivity index (χ2v) is 9.18. The number of carbonyl (C=O) groups is 1.